The highest BCUT2D eigenvalue weighted by molar-refractivity contribution is 5.80. The van der Waals surface area contributed by atoms with Gasteiger partial charge in [0.25, 0.3) is 0 Å². The predicted octanol–water partition coefficient (Wildman–Crippen LogP) is 2.03. The van der Waals surface area contributed by atoms with E-state index in [1.807, 2.05) is 0 Å². The van der Waals surface area contributed by atoms with Crippen LogP contribution >= 0.6 is 0 Å². The first-order valence-electron chi connectivity index (χ1n) is 5.79. The number of hydrogen-bond acceptors (Lipinski definition) is 4. The standard InChI is InChI=1S/C12H15FN4O3/c1-12(11(18)19,15-5-6-16-17-14)8-3-4-10(20-2)9(13)7-8/h3-4,7,15H,5-6H2,1-2H3,(H,18,19). The fourth-order valence-electron chi connectivity index (χ4n) is 1.68. The third-order valence-electron chi connectivity index (χ3n) is 2.91. The molecule has 0 fully saturated rings. The van der Waals surface area contributed by atoms with Gasteiger partial charge in [-0.15, -0.1) is 0 Å². The van der Waals surface area contributed by atoms with Crippen molar-refractivity contribution in [2.45, 2.75) is 12.5 Å². The van der Waals surface area contributed by atoms with Crippen LogP contribution in [-0.4, -0.2) is 31.3 Å². The zero-order valence-electron chi connectivity index (χ0n) is 11.1. The summed E-state index contributed by atoms with van der Waals surface area (Å²) in [6.07, 6.45) is 0. The summed E-state index contributed by atoms with van der Waals surface area (Å²) in [5.41, 5.74) is 6.92. The molecule has 0 saturated heterocycles. The second-order valence-corrected chi connectivity index (χ2v) is 4.16. The van der Waals surface area contributed by atoms with Crippen LogP contribution in [-0.2, 0) is 10.3 Å². The Morgan fingerprint density at radius 3 is 2.85 bits per heavy atom. The lowest BCUT2D eigenvalue weighted by molar-refractivity contribution is -0.144. The van der Waals surface area contributed by atoms with Crippen LogP contribution in [0.1, 0.15) is 12.5 Å². The molecule has 2 N–H and O–H groups in total. The van der Waals surface area contributed by atoms with Gasteiger partial charge in [0, 0.05) is 18.0 Å². The molecular weight excluding hydrogens is 267 g/mol. The Kier molecular flexibility index (Phi) is 5.31. The average molecular weight is 282 g/mol. The lowest BCUT2D eigenvalue weighted by Gasteiger charge is -2.27. The van der Waals surface area contributed by atoms with Gasteiger partial charge in [-0.2, -0.15) is 0 Å². The molecule has 0 aliphatic heterocycles. The molecule has 0 heterocycles. The lowest BCUT2D eigenvalue weighted by atomic mass is 9.91. The van der Waals surface area contributed by atoms with Gasteiger partial charge in [-0.3, -0.25) is 5.32 Å². The van der Waals surface area contributed by atoms with Crippen LogP contribution in [0, 0.1) is 5.82 Å². The minimum atomic E-state index is -1.49. The van der Waals surface area contributed by atoms with Crippen LogP contribution < -0.4 is 10.1 Å². The minimum absolute atomic E-state index is 0.0376. The van der Waals surface area contributed by atoms with Crippen molar-refractivity contribution < 1.29 is 19.0 Å². The van der Waals surface area contributed by atoms with Crippen LogP contribution in [0.25, 0.3) is 10.4 Å². The topological polar surface area (TPSA) is 107 Å². The predicted molar refractivity (Wildman–Crippen MR) is 70.0 cm³/mol. The Morgan fingerprint density at radius 1 is 1.65 bits per heavy atom. The van der Waals surface area contributed by atoms with Crippen LogP contribution in [0.2, 0.25) is 0 Å². The number of halogens is 1. The first kappa shape index (κ1) is 15.7. The molecule has 0 radical (unpaired) electrons. The number of ether oxygens (including phenoxy) is 1. The minimum Gasteiger partial charge on any atom is -0.494 e. The molecule has 0 amide bonds. The fraction of sp³-hybridized carbons (Fsp3) is 0.417. The van der Waals surface area contributed by atoms with Gasteiger partial charge in [0.1, 0.15) is 5.54 Å². The maximum absolute atomic E-state index is 13.7. The van der Waals surface area contributed by atoms with Crippen LogP contribution in [0.5, 0.6) is 5.75 Å². The Bertz CT molecular complexity index is 546. The quantitative estimate of drug-likeness (QED) is 0.345. The van der Waals surface area contributed by atoms with Crippen molar-refractivity contribution in [3.8, 4) is 5.75 Å². The largest absolute Gasteiger partial charge is 0.494 e. The molecule has 1 unspecified atom stereocenters. The highest BCUT2D eigenvalue weighted by Crippen LogP contribution is 2.26. The van der Waals surface area contributed by atoms with E-state index in [1.54, 1.807) is 0 Å². The summed E-state index contributed by atoms with van der Waals surface area (Å²) in [6.45, 7) is 1.66. The van der Waals surface area contributed by atoms with Gasteiger partial charge in [-0.05, 0) is 30.2 Å². The number of methoxy groups -OCH3 is 1. The summed E-state index contributed by atoms with van der Waals surface area (Å²) in [7, 11) is 1.33. The number of carboxylic acids is 1. The molecule has 108 valence electrons. The van der Waals surface area contributed by atoms with Crippen molar-refractivity contribution in [3.05, 3.63) is 40.0 Å². The Morgan fingerprint density at radius 2 is 2.35 bits per heavy atom. The summed E-state index contributed by atoms with van der Waals surface area (Å²) < 4.78 is 18.5. The van der Waals surface area contributed by atoms with Crippen molar-refractivity contribution in [2.24, 2.45) is 5.11 Å². The van der Waals surface area contributed by atoms with Gasteiger partial charge in [0.15, 0.2) is 11.6 Å². The Balaban J connectivity index is 3.03. The zero-order chi connectivity index (χ0) is 15.2. The second-order valence-electron chi connectivity index (χ2n) is 4.16. The number of nitrogens with zero attached hydrogens (tertiary/aromatic N) is 3. The van der Waals surface area contributed by atoms with Crippen LogP contribution in [0.15, 0.2) is 23.3 Å². The van der Waals surface area contributed by atoms with Gasteiger partial charge in [0.05, 0.1) is 7.11 Å². The van der Waals surface area contributed by atoms with E-state index in [-0.39, 0.29) is 24.4 Å². The number of nitrogens with one attached hydrogen (secondary N) is 1. The van der Waals surface area contributed by atoms with Gasteiger partial charge >= 0.3 is 5.97 Å². The second kappa shape index (κ2) is 6.74. The van der Waals surface area contributed by atoms with Crippen molar-refractivity contribution in [2.75, 3.05) is 20.2 Å². The summed E-state index contributed by atoms with van der Waals surface area (Å²) in [6, 6.07) is 3.94. The molecule has 1 aromatic rings. The molecule has 1 atom stereocenters. The number of aliphatic carboxylic acids is 1. The molecule has 0 spiro atoms. The number of benzene rings is 1. The lowest BCUT2D eigenvalue weighted by Crippen LogP contribution is -2.47. The van der Waals surface area contributed by atoms with E-state index in [0.717, 1.165) is 6.07 Å². The van der Waals surface area contributed by atoms with Crippen LogP contribution in [0.3, 0.4) is 0 Å². The summed E-state index contributed by atoms with van der Waals surface area (Å²) >= 11 is 0. The molecule has 1 aromatic carbocycles. The first-order chi connectivity index (χ1) is 9.45. The zero-order valence-corrected chi connectivity index (χ0v) is 11.1. The van der Waals surface area contributed by atoms with Gasteiger partial charge in [-0.25, -0.2) is 9.18 Å². The molecule has 20 heavy (non-hydrogen) atoms. The van der Waals surface area contributed by atoms with Crippen molar-refractivity contribution in [1.29, 1.82) is 0 Å². The van der Waals surface area contributed by atoms with E-state index in [4.69, 9.17) is 10.3 Å². The van der Waals surface area contributed by atoms with Crippen molar-refractivity contribution in [3.63, 3.8) is 0 Å². The number of azide groups is 1. The van der Waals surface area contributed by atoms with E-state index in [0.29, 0.717) is 0 Å². The highest BCUT2D eigenvalue weighted by Gasteiger charge is 2.35. The maximum Gasteiger partial charge on any atom is 0.328 e. The number of carboxylic acid groups (broad SMARTS) is 1. The molecule has 0 aliphatic rings. The molecule has 0 aromatic heterocycles. The van der Waals surface area contributed by atoms with Crippen molar-refractivity contribution in [1.82, 2.24) is 5.32 Å². The summed E-state index contributed by atoms with van der Waals surface area (Å²) in [4.78, 5) is 14.0. The molecule has 7 nitrogen and oxygen atoms in total. The Labute approximate surface area is 115 Å². The van der Waals surface area contributed by atoms with E-state index in [1.165, 1.54) is 26.2 Å². The maximum atomic E-state index is 13.7. The SMILES string of the molecule is COc1ccc(C(C)(NCCN=[N+]=[N-])C(=O)O)cc1F. The normalized spacial score (nSPS) is 13.2. The van der Waals surface area contributed by atoms with Gasteiger partial charge in [0.2, 0.25) is 0 Å². The van der Waals surface area contributed by atoms with Crippen LogP contribution in [0.4, 0.5) is 4.39 Å². The molecule has 0 saturated carbocycles. The number of carbonyl (C=O) groups is 1. The average Bonchev–Trinajstić information content (AvgIpc) is 2.43. The molecule has 0 bridgehead atoms. The highest BCUT2D eigenvalue weighted by atomic mass is 19.1. The number of rotatable bonds is 7. The fourth-order valence-corrected chi connectivity index (χ4v) is 1.68. The molecular formula is C12H15FN4O3. The van der Waals surface area contributed by atoms with Gasteiger partial charge in [-0.1, -0.05) is 11.2 Å². The van der Waals surface area contributed by atoms with Gasteiger partial charge < -0.3 is 9.84 Å². The molecule has 8 heteroatoms. The molecule has 0 aliphatic carbocycles. The first-order valence-corrected chi connectivity index (χ1v) is 5.79. The van der Waals surface area contributed by atoms with Crippen molar-refractivity contribution >= 4 is 5.97 Å². The third-order valence-corrected chi connectivity index (χ3v) is 2.91. The summed E-state index contributed by atoms with van der Waals surface area (Å²) in [5.74, 6) is -1.77. The van der Waals surface area contributed by atoms with E-state index in [9.17, 15) is 14.3 Å². The molecule has 1 rings (SSSR count). The Hall–Kier alpha value is -2.31. The van der Waals surface area contributed by atoms with E-state index in [2.05, 4.69) is 15.3 Å². The summed E-state index contributed by atoms with van der Waals surface area (Å²) in [5, 5.41) is 15.4. The number of hydrogen-bond donors (Lipinski definition) is 2. The third kappa shape index (κ3) is 3.37. The smallest absolute Gasteiger partial charge is 0.328 e. The monoisotopic (exact) mass is 282 g/mol. The van der Waals surface area contributed by atoms with E-state index >= 15 is 0 Å². The van der Waals surface area contributed by atoms with E-state index < -0.39 is 17.3 Å².